The smallest absolute Gasteiger partial charge is 0.223 e. The lowest BCUT2D eigenvalue weighted by Crippen LogP contribution is -2.46. The minimum Gasteiger partial charge on any atom is -0.353 e. The van der Waals surface area contributed by atoms with Crippen molar-refractivity contribution in [2.24, 2.45) is 5.92 Å². The van der Waals surface area contributed by atoms with Crippen molar-refractivity contribution in [3.8, 4) is 0 Å². The molecule has 1 saturated carbocycles. The van der Waals surface area contributed by atoms with Gasteiger partial charge in [-0.15, -0.1) is 11.6 Å². The first kappa shape index (κ1) is 17.6. The minimum absolute atomic E-state index is 0.136. The van der Waals surface area contributed by atoms with Gasteiger partial charge in [-0.2, -0.15) is 0 Å². The molecule has 1 aliphatic heterocycles. The molecule has 4 nitrogen and oxygen atoms in total. The van der Waals surface area contributed by atoms with Crippen LogP contribution in [-0.2, 0) is 9.59 Å². The molecule has 0 aromatic carbocycles. The quantitative estimate of drug-likeness (QED) is 0.762. The molecule has 2 fully saturated rings. The number of nitrogens with one attached hydrogen (secondary N) is 1. The molecular formula is C17H29ClN2O2. The van der Waals surface area contributed by atoms with Crippen LogP contribution in [0.25, 0.3) is 0 Å². The van der Waals surface area contributed by atoms with Crippen molar-refractivity contribution in [2.45, 2.75) is 70.3 Å². The number of likely N-dealkylation sites (tertiary alicyclic amines) is 1. The second kappa shape index (κ2) is 9.39. The fraction of sp³-hybridized carbons (Fsp3) is 0.882. The zero-order valence-corrected chi connectivity index (χ0v) is 14.2. The molecule has 0 bridgehead atoms. The number of carbonyl (C=O) groups is 2. The molecule has 1 N–H and O–H groups in total. The normalized spacial score (nSPS) is 20.9. The summed E-state index contributed by atoms with van der Waals surface area (Å²) in [6.07, 6.45) is 10.5. The van der Waals surface area contributed by atoms with E-state index >= 15 is 0 Å². The van der Waals surface area contributed by atoms with Crippen LogP contribution in [0.15, 0.2) is 0 Å². The van der Waals surface area contributed by atoms with E-state index in [1.807, 2.05) is 4.90 Å². The molecule has 2 aliphatic rings. The van der Waals surface area contributed by atoms with Crippen LogP contribution >= 0.6 is 11.6 Å². The lowest BCUT2D eigenvalue weighted by atomic mass is 9.86. The van der Waals surface area contributed by atoms with Gasteiger partial charge in [0.1, 0.15) is 0 Å². The van der Waals surface area contributed by atoms with Crippen LogP contribution in [0.2, 0.25) is 0 Å². The molecular weight excluding hydrogens is 300 g/mol. The van der Waals surface area contributed by atoms with Gasteiger partial charge < -0.3 is 10.2 Å². The van der Waals surface area contributed by atoms with Gasteiger partial charge in [0, 0.05) is 37.9 Å². The Bertz CT molecular complexity index is 362. The fourth-order valence-electron chi connectivity index (χ4n) is 3.62. The van der Waals surface area contributed by atoms with Crippen LogP contribution in [-0.4, -0.2) is 41.7 Å². The van der Waals surface area contributed by atoms with Gasteiger partial charge in [0.15, 0.2) is 0 Å². The van der Waals surface area contributed by atoms with E-state index in [-0.39, 0.29) is 17.9 Å². The molecule has 1 aliphatic carbocycles. The number of nitrogens with zero attached hydrogens (tertiary/aromatic N) is 1. The molecule has 2 amide bonds. The van der Waals surface area contributed by atoms with E-state index in [0.29, 0.717) is 18.7 Å². The van der Waals surface area contributed by atoms with Gasteiger partial charge in [0.25, 0.3) is 0 Å². The molecule has 22 heavy (non-hydrogen) atoms. The Labute approximate surface area is 139 Å². The summed E-state index contributed by atoms with van der Waals surface area (Å²) < 4.78 is 0. The van der Waals surface area contributed by atoms with Crippen molar-refractivity contribution in [3.63, 3.8) is 0 Å². The highest BCUT2D eigenvalue weighted by atomic mass is 35.5. The average molecular weight is 329 g/mol. The van der Waals surface area contributed by atoms with Crippen LogP contribution in [0.5, 0.6) is 0 Å². The summed E-state index contributed by atoms with van der Waals surface area (Å²) in [7, 11) is 0. The maximum atomic E-state index is 12.1. The Hall–Kier alpha value is -0.770. The Morgan fingerprint density at radius 1 is 1.00 bits per heavy atom. The Morgan fingerprint density at radius 3 is 2.32 bits per heavy atom. The topological polar surface area (TPSA) is 49.4 Å². The number of rotatable bonds is 6. The molecule has 0 aromatic heterocycles. The van der Waals surface area contributed by atoms with Crippen molar-refractivity contribution in [3.05, 3.63) is 0 Å². The summed E-state index contributed by atoms with van der Waals surface area (Å²) in [5, 5.41) is 3.15. The summed E-state index contributed by atoms with van der Waals surface area (Å²) in [6, 6.07) is 0.235. The number of hydrogen-bond donors (Lipinski definition) is 1. The first-order chi connectivity index (χ1) is 10.7. The number of halogens is 1. The standard InChI is InChI=1S/C17H29ClN2O2/c18-11-8-17(22)20-12-9-15(10-13-20)19-16(21)7-6-14-4-2-1-3-5-14/h14-15H,1-13H2,(H,19,21). The monoisotopic (exact) mass is 328 g/mol. The average Bonchev–Trinajstić information content (AvgIpc) is 2.55. The number of amides is 2. The third-order valence-corrected chi connectivity index (χ3v) is 5.21. The zero-order chi connectivity index (χ0) is 15.8. The highest BCUT2D eigenvalue weighted by Gasteiger charge is 2.23. The molecule has 0 spiro atoms. The molecule has 0 radical (unpaired) electrons. The second-order valence-electron chi connectivity index (χ2n) is 6.70. The van der Waals surface area contributed by atoms with Crippen LogP contribution in [0.3, 0.4) is 0 Å². The van der Waals surface area contributed by atoms with Gasteiger partial charge in [0.2, 0.25) is 11.8 Å². The van der Waals surface area contributed by atoms with E-state index in [9.17, 15) is 9.59 Å². The number of carbonyl (C=O) groups excluding carboxylic acids is 2. The fourth-order valence-corrected chi connectivity index (χ4v) is 3.78. The lowest BCUT2D eigenvalue weighted by Gasteiger charge is -2.32. The summed E-state index contributed by atoms with van der Waals surface area (Å²) >= 11 is 5.61. The summed E-state index contributed by atoms with van der Waals surface area (Å²) in [4.78, 5) is 25.7. The Kier molecular flexibility index (Phi) is 7.50. The van der Waals surface area contributed by atoms with Crippen LogP contribution in [0.4, 0.5) is 0 Å². The third kappa shape index (κ3) is 5.79. The number of hydrogen-bond acceptors (Lipinski definition) is 2. The van der Waals surface area contributed by atoms with E-state index in [1.165, 1.54) is 32.1 Å². The summed E-state index contributed by atoms with van der Waals surface area (Å²) in [5.41, 5.74) is 0. The maximum absolute atomic E-state index is 12.1. The first-order valence-electron chi connectivity index (χ1n) is 8.82. The van der Waals surface area contributed by atoms with Gasteiger partial charge in [-0.1, -0.05) is 32.1 Å². The van der Waals surface area contributed by atoms with Gasteiger partial charge in [-0.3, -0.25) is 9.59 Å². The van der Waals surface area contributed by atoms with Crippen molar-refractivity contribution < 1.29 is 9.59 Å². The van der Waals surface area contributed by atoms with Crippen LogP contribution < -0.4 is 5.32 Å². The number of piperidine rings is 1. The van der Waals surface area contributed by atoms with E-state index in [4.69, 9.17) is 11.6 Å². The molecule has 0 aromatic rings. The van der Waals surface area contributed by atoms with Gasteiger partial charge in [-0.05, 0) is 25.2 Å². The van der Waals surface area contributed by atoms with E-state index in [2.05, 4.69) is 5.32 Å². The molecule has 126 valence electrons. The van der Waals surface area contributed by atoms with Crippen molar-refractivity contribution in [2.75, 3.05) is 19.0 Å². The lowest BCUT2D eigenvalue weighted by molar-refractivity contribution is -0.132. The van der Waals surface area contributed by atoms with Crippen molar-refractivity contribution >= 4 is 23.4 Å². The van der Waals surface area contributed by atoms with E-state index in [1.54, 1.807) is 0 Å². The summed E-state index contributed by atoms with van der Waals surface area (Å²) in [6.45, 7) is 1.48. The SMILES string of the molecule is O=C(CCC1CCCCC1)NC1CCN(C(=O)CCCl)CC1. The largest absolute Gasteiger partial charge is 0.353 e. The van der Waals surface area contributed by atoms with E-state index in [0.717, 1.165) is 38.3 Å². The summed E-state index contributed by atoms with van der Waals surface area (Å²) in [5.74, 6) is 1.47. The Morgan fingerprint density at radius 2 is 1.68 bits per heavy atom. The molecule has 2 rings (SSSR count). The number of alkyl halides is 1. The third-order valence-electron chi connectivity index (χ3n) is 5.03. The molecule has 1 saturated heterocycles. The maximum Gasteiger partial charge on any atom is 0.223 e. The van der Waals surface area contributed by atoms with Crippen molar-refractivity contribution in [1.82, 2.24) is 10.2 Å². The van der Waals surface area contributed by atoms with Gasteiger partial charge in [0.05, 0.1) is 0 Å². The highest BCUT2D eigenvalue weighted by molar-refractivity contribution is 6.18. The minimum atomic E-state index is 0.136. The van der Waals surface area contributed by atoms with Crippen molar-refractivity contribution in [1.29, 1.82) is 0 Å². The Balaban J connectivity index is 1.60. The van der Waals surface area contributed by atoms with Crippen LogP contribution in [0, 0.1) is 5.92 Å². The predicted molar refractivity (Wildman–Crippen MR) is 88.9 cm³/mol. The van der Waals surface area contributed by atoms with Gasteiger partial charge >= 0.3 is 0 Å². The predicted octanol–water partition coefficient (Wildman–Crippen LogP) is 3.08. The zero-order valence-electron chi connectivity index (χ0n) is 13.5. The second-order valence-corrected chi connectivity index (χ2v) is 7.08. The van der Waals surface area contributed by atoms with Gasteiger partial charge in [-0.25, -0.2) is 0 Å². The first-order valence-corrected chi connectivity index (χ1v) is 9.35. The molecule has 1 heterocycles. The molecule has 5 heteroatoms. The molecule has 0 atom stereocenters. The molecule has 0 unspecified atom stereocenters. The highest BCUT2D eigenvalue weighted by Crippen LogP contribution is 2.27. The van der Waals surface area contributed by atoms with E-state index < -0.39 is 0 Å². The van der Waals surface area contributed by atoms with Crippen LogP contribution in [0.1, 0.15) is 64.2 Å².